The fraction of sp³-hybridized carbons (Fsp3) is 0.292. The van der Waals surface area contributed by atoms with Crippen LogP contribution in [0.2, 0.25) is 0 Å². The van der Waals surface area contributed by atoms with E-state index in [4.69, 9.17) is 10.6 Å². The molecule has 1 saturated heterocycles. The fourth-order valence-corrected chi connectivity index (χ4v) is 3.59. The molecule has 3 rings (SSSR count). The van der Waals surface area contributed by atoms with Crippen LogP contribution in [0.25, 0.3) is 0 Å². The Bertz CT molecular complexity index is 1050. The van der Waals surface area contributed by atoms with Gasteiger partial charge in [-0.15, -0.1) is 5.06 Å². The van der Waals surface area contributed by atoms with Gasteiger partial charge in [0.05, 0.1) is 5.92 Å². The van der Waals surface area contributed by atoms with Gasteiger partial charge in [-0.05, 0) is 24.1 Å². The van der Waals surface area contributed by atoms with Gasteiger partial charge < -0.3 is 10.6 Å². The van der Waals surface area contributed by atoms with Gasteiger partial charge in [0.2, 0.25) is 5.91 Å². The number of carbonyl (C=O) groups excluding carboxylic acids is 5. The number of unbranched alkanes of at least 4 members (excludes halogenated alkanes) is 1. The molecule has 0 bridgehead atoms. The summed E-state index contributed by atoms with van der Waals surface area (Å²) < 4.78 is 0. The van der Waals surface area contributed by atoms with E-state index in [0.29, 0.717) is 17.0 Å². The number of nitrogens with zero attached hydrogens (tertiary/aromatic N) is 1. The van der Waals surface area contributed by atoms with E-state index in [9.17, 15) is 24.0 Å². The van der Waals surface area contributed by atoms with Gasteiger partial charge in [-0.25, -0.2) is 4.79 Å². The lowest BCUT2D eigenvalue weighted by atomic mass is 9.87. The number of imide groups is 1. The molecule has 166 valence electrons. The molecule has 1 heterocycles. The number of hydroxylamine groups is 2. The van der Waals surface area contributed by atoms with E-state index in [1.807, 2.05) is 6.92 Å². The minimum Gasteiger partial charge on any atom is -0.366 e. The maximum atomic E-state index is 13.0. The lowest BCUT2D eigenvalue weighted by Gasteiger charge is -2.21. The highest BCUT2D eigenvalue weighted by Crippen LogP contribution is 2.30. The van der Waals surface area contributed by atoms with Crippen LogP contribution < -0.4 is 5.73 Å². The van der Waals surface area contributed by atoms with Crippen molar-refractivity contribution < 1.29 is 28.8 Å². The lowest BCUT2D eigenvalue weighted by Crippen LogP contribution is -2.34. The second-order valence-corrected chi connectivity index (χ2v) is 7.55. The predicted octanol–water partition coefficient (Wildman–Crippen LogP) is 2.90. The second kappa shape index (κ2) is 10.00. The Kier molecular flexibility index (Phi) is 7.14. The zero-order valence-electron chi connectivity index (χ0n) is 17.7. The number of ketones is 1. The van der Waals surface area contributed by atoms with Gasteiger partial charge in [-0.2, -0.15) is 0 Å². The van der Waals surface area contributed by atoms with Crippen LogP contribution in [-0.2, 0) is 19.2 Å². The molecule has 32 heavy (non-hydrogen) atoms. The van der Waals surface area contributed by atoms with Crippen LogP contribution in [0, 0.1) is 0 Å². The van der Waals surface area contributed by atoms with E-state index in [2.05, 4.69) is 0 Å². The highest BCUT2D eigenvalue weighted by molar-refractivity contribution is 6.10. The number of nitrogens with two attached hydrogens (primary N) is 1. The Morgan fingerprint density at radius 2 is 1.66 bits per heavy atom. The van der Waals surface area contributed by atoms with E-state index < -0.39 is 29.6 Å². The number of benzene rings is 2. The number of primary amides is 1. The molecule has 0 aliphatic carbocycles. The van der Waals surface area contributed by atoms with Gasteiger partial charge in [0.15, 0.2) is 5.78 Å². The van der Waals surface area contributed by atoms with E-state index >= 15 is 0 Å². The van der Waals surface area contributed by atoms with Crippen LogP contribution in [0.3, 0.4) is 0 Å². The third-order valence-corrected chi connectivity index (χ3v) is 5.31. The van der Waals surface area contributed by atoms with Crippen molar-refractivity contribution in [1.82, 2.24) is 5.06 Å². The van der Waals surface area contributed by atoms with Crippen LogP contribution in [-0.4, -0.2) is 34.5 Å². The summed E-state index contributed by atoms with van der Waals surface area (Å²) in [6.07, 6.45) is 1.59. The minimum atomic E-state index is -0.984. The first-order chi connectivity index (χ1) is 15.3. The number of hydrogen-bond acceptors (Lipinski definition) is 6. The van der Waals surface area contributed by atoms with Crippen molar-refractivity contribution in [3.05, 3.63) is 70.8 Å². The van der Waals surface area contributed by atoms with Crippen molar-refractivity contribution in [2.24, 2.45) is 5.73 Å². The van der Waals surface area contributed by atoms with Crippen LogP contribution in [0.4, 0.5) is 0 Å². The molecule has 2 N–H and O–H groups in total. The minimum absolute atomic E-state index is 0.0284. The van der Waals surface area contributed by atoms with Gasteiger partial charge in [-0.3, -0.25) is 19.2 Å². The highest BCUT2D eigenvalue weighted by Gasteiger charge is 2.36. The summed E-state index contributed by atoms with van der Waals surface area (Å²) in [7, 11) is 0. The number of amides is 3. The van der Waals surface area contributed by atoms with E-state index in [0.717, 1.165) is 6.42 Å². The van der Waals surface area contributed by atoms with E-state index in [-0.39, 0.29) is 41.7 Å². The molecule has 8 nitrogen and oxygen atoms in total. The molecule has 1 aliphatic rings. The Morgan fingerprint density at radius 1 is 1.00 bits per heavy atom. The van der Waals surface area contributed by atoms with Crippen molar-refractivity contribution in [1.29, 1.82) is 0 Å². The molecule has 0 aromatic heterocycles. The normalized spacial score (nSPS) is 14.3. The molecule has 0 saturated carbocycles. The van der Waals surface area contributed by atoms with Crippen molar-refractivity contribution >= 4 is 29.5 Å². The molecule has 1 unspecified atom stereocenters. The van der Waals surface area contributed by atoms with Gasteiger partial charge in [0.25, 0.3) is 11.8 Å². The first-order valence-corrected chi connectivity index (χ1v) is 10.4. The summed E-state index contributed by atoms with van der Waals surface area (Å²) >= 11 is 0. The van der Waals surface area contributed by atoms with Gasteiger partial charge >= 0.3 is 5.97 Å². The maximum absolute atomic E-state index is 13.0. The molecule has 2 aromatic rings. The summed E-state index contributed by atoms with van der Waals surface area (Å²) in [6, 6.07) is 12.9. The standard InChI is InChI=1S/C24H24N2O6/c1-2-3-9-18(24(31)32-26-20(27)12-13-21(26)28)19-14-16(10-11-17(19)23(25)30)22(29)15-7-5-4-6-8-15/h4-8,10-11,14,18H,2-3,9,12-13H2,1H3,(H2,25,30). The van der Waals surface area contributed by atoms with E-state index in [1.165, 1.54) is 18.2 Å². The second-order valence-electron chi connectivity index (χ2n) is 7.55. The zero-order chi connectivity index (χ0) is 23.3. The summed E-state index contributed by atoms with van der Waals surface area (Å²) in [5.74, 6) is -4.07. The lowest BCUT2D eigenvalue weighted by molar-refractivity contribution is -0.198. The molecule has 0 radical (unpaired) electrons. The molecular formula is C24H24N2O6. The number of carbonyl (C=O) groups is 5. The molecule has 1 aliphatic heterocycles. The third kappa shape index (κ3) is 4.91. The zero-order valence-corrected chi connectivity index (χ0v) is 17.7. The Balaban J connectivity index is 2.00. The smallest absolute Gasteiger partial charge is 0.340 e. The van der Waals surface area contributed by atoms with Crippen molar-refractivity contribution in [2.75, 3.05) is 0 Å². The first-order valence-electron chi connectivity index (χ1n) is 10.4. The van der Waals surface area contributed by atoms with Crippen molar-refractivity contribution in [3.63, 3.8) is 0 Å². The Morgan fingerprint density at radius 3 is 2.25 bits per heavy atom. The number of hydrogen-bond donors (Lipinski definition) is 1. The Labute approximate surface area is 185 Å². The van der Waals surface area contributed by atoms with Gasteiger partial charge in [-0.1, -0.05) is 56.2 Å². The van der Waals surface area contributed by atoms with E-state index in [1.54, 1.807) is 30.3 Å². The van der Waals surface area contributed by atoms with Crippen LogP contribution in [0.5, 0.6) is 0 Å². The topological polar surface area (TPSA) is 124 Å². The number of rotatable bonds is 9. The van der Waals surface area contributed by atoms with Crippen LogP contribution in [0.1, 0.15) is 76.8 Å². The predicted molar refractivity (Wildman–Crippen MR) is 114 cm³/mol. The largest absolute Gasteiger partial charge is 0.366 e. The van der Waals surface area contributed by atoms with Crippen LogP contribution >= 0.6 is 0 Å². The maximum Gasteiger partial charge on any atom is 0.340 e. The third-order valence-electron chi connectivity index (χ3n) is 5.31. The summed E-state index contributed by atoms with van der Waals surface area (Å²) in [5.41, 5.74) is 6.57. The average molecular weight is 436 g/mol. The summed E-state index contributed by atoms with van der Waals surface area (Å²) in [6.45, 7) is 1.93. The molecule has 8 heteroatoms. The summed E-state index contributed by atoms with van der Waals surface area (Å²) in [4.78, 5) is 66.9. The summed E-state index contributed by atoms with van der Waals surface area (Å²) in [5, 5.41) is 0.476. The SMILES string of the molecule is CCCCC(C(=O)ON1C(=O)CCC1=O)c1cc(C(=O)c2ccccc2)ccc1C(N)=O. The molecule has 1 fully saturated rings. The van der Waals surface area contributed by atoms with Crippen LogP contribution in [0.15, 0.2) is 48.5 Å². The first kappa shape index (κ1) is 22.9. The quantitative estimate of drug-likeness (QED) is 0.476. The molecule has 3 amide bonds. The van der Waals surface area contributed by atoms with Gasteiger partial charge in [0.1, 0.15) is 0 Å². The monoisotopic (exact) mass is 436 g/mol. The fourth-order valence-electron chi connectivity index (χ4n) is 3.59. The molecule has 1 atom stereocenters. The van der Waals surface area contributed by atoms with Crippen molar-refractivity contribution in [3.8, 4) is 0 Å². The average Bonchev–Trinajstić information content (AvgIpc) is 3.11. The molecule has 0 spiro atoms. The van der Waals surface area contributed by atoms with Gasteiger partial charge in [0, 0.05) is 29.5 Å². The van der Waals surface area contributed by atoms with Crippen molar-refractivity contribution in [2.45, 2.75) is 44.9 Å². The Hall–Kier alpha value is -3.81. The molecular weight excluding hydrogens is 412 g/mol. The molecule has 2 aromatic carbocycles. The highest BCUT2D eigenvalue weighted by atomic mass is 16.7.